The van der Waals surface area contributed by atoms with Crippen LogP contribution in [0.4, 0.5) is 0 Å². The van der Waals surface area contributed by atoms with Gasteiger partial charge in [-0.15, -0.1) is 0 Å². The normalized spacial score (nSPS) is 19.9. The van der Waals surface area contributed by atoms with Crippen LogP contribution in [-0.2, 0) is 0 Å². The third-order valence-corrected chi connectivity index (χ3v) is 8.07. The molecule has 6 rings (SSSR count). The summed E-state index contributed by atoms with van der Waals surface area (Å²) in [5, 5.41) is 24.3. The van der Waals surface area contributed by atoms with Gasteiger partial charge >= 0.3 is 0 Å². The van der Waals surface area contributed by atoms with Crippen molar-refractivity contribution in [1.82, 2.24) is 0 Å². The van der Waals surface area contributed by atoms with Crippen molar-refractivity contribution in [2.24, 2.45) is 5.92 Å². The van der Waals surface area contributed by atoms with Gasteiger partial charge in [0.1, 0.15) is 11.5 Å². The van der Waals surface area contributed by atoms with Crippen LogP contribution in [0.1, 0.15) is 54.9 Å². The van der Waals surface area contributed by atoms with Crippen LogP contribution in [0.3, 0.4) is 0 Å². The molecule has 0 heterocycles. The van der Waals surface area contributed by atoms with Gasteiger partial charge in [0.15, 0.2) is 0 Å². The summed E-state index contributed by atoms with van der Waals surface area (Å²) < 4.78 is 0. The highest BCUT2D eigenvalue weighted by atomic mass is 16.3. The molecule has 2 nitrogen and oxygen atoms in total. The third kappa shape index (κ3) is 4.26. The van der Waals surface area contributed by atoms with E-state index >= 15 is 0 Å². The van der Waals surface area contributed by atoms with Gasteiger partial charge < -0.3 is 10.2 Å². The number of rotatable bonds is 4. The van der Waals surface area contributed by atoms with Gasteiger partial charge in [0, 0.05) is 17.9 Å². The third-order valence-electron chi connectivity index (χ3n) is 8.07. The second kappa shape index (κ2) is 9.87. The Hall–Kier alpha value is -4.30. The van der Waals surface area contributed by atoms with Gasteiger partial charge in [-0.2, -0.15) is 0 Å². The van der Waals surface area contributed by atoms with Gasteiger partial charge in [-0.3, -0.25) is 0 Å². The van der Waals surface area contributed by atoms with E-state index in [1.807, 2.05) is 42.5 Å². The number of fused-ring (bicyclic) bond motifs is 1. The first-order valence-electron chi connectivity index (χ1n) is 13.4. The topological polar surface area (TPSA) is 40.5 Å². The number of hydrogen-bond donors (Lipinski definition) is 2. The zero-order valence-corrected chi connectivity index (χ0v) is 21.9. The van der Waals surface area contributed by atoms with Crippen molar-refractivity contribution in [3.63, 3.8) is 0 Å². The van der Waals surface area contributed by atoms with Crippen LogP contribution in [0.15, 0.2) is 126 Å². The molecule has 2 N–H and O–H groups in total. The van der Waals surface area contributed by atoms with Crippen LogP contribution in [0.5, 0.6) is 0 Å². The maximum atomic E-state index is 10.9. The van der Waals surface area contributed by atoms with E-state index in [4.69, 9.17) is 0 Å². The molecule has 0 saturated carbocycles. The molecule has 0 fully saturated rings. The molecule has 0 spiro atoms. The molecule has 0 amide bonds. The van der Waals surface area contributed by atoms with Crippen molar-refractivity contribution < 1.29 is 10.2 Å². The Bertz CT molecular complexity index is 1630. The van der Waals surface area contributed by atoms with Crippen LogP contribution >= 0.6 is 0 Å². The van der Waals surface area contributed by atoms with Gasteiger partial charge in [-0.05, 0) is 81.2 Å². The van der Waals surface area contributed by atoms with E-state index in [9.17, 15) is 10.2 Å². The molecular weight excluding hydrogens is 464 g/mol. The fourth-order valence-corrected chi connectivity index (χ4v) is 6.11. The summed E-state index contributed by atoms with van der Waals surface area (Å²) in [4.78, 5) is 0. The van der Waals surface area contributed by atoms with Crippen molar-refractivity contribution in [3.8, 4) is 0 Å². The summed E-state index contributed by atoms with van der Waals surface area (Å²) in [6.07, 6.45) is 5.49. The Balaban J connectivity index is 1.52. The molecule has 188 valence electrons. The van der Waals surface area contributed by atoms with Crippen LogP contribution in [0.25, 0.3) is 27.5 Å². The Labute approximate surface area is 224 Å². The molecule has 4 aromatic rings. The predicted octanol–water partition coefficient (Wildman–Crippen LogP) is 9.64. The fourth-order valence-electron chi connectivity index (χ4n) is 6.11. The van der Waals surface area contributed by atoms with Crippen LogP contribution < -0.4 is 0 Å². The lowest BCUT2D eigenvalue weighted by Crippen LogP contribution is -2.11. The Kier molecular flexibility index (Phi) is 6.25. The average Bonchev–Trinajstić information content (AvgIpc) is 2.94. The van der Waals surface area contributed by atoms with E-state index in [2.05, 4.69) is 80.6 Å². The van der Waals surface area contributed by atoms with Gasteiger partial charge in [-0.25, -0.2) is 0 Å². The van der Waals surface area contributed by atoms with E-state index in [-0.39, 0.29) is 11.8 Å². The largest absolute Gasteiger partial charge is 0.512 e. The molecule has 0 saturated heterocycles. The lowest BCUT2D eigenvalue weighted by molar-refractivity contribution is 0.365. The summed E-state index contributed by atoms with van der Waals surface area (Å²) in [7, 11) is 0. The molecule has 4 aromatic carbocycles. The Morgan fingerprint density at radius 1 is 0.684 bits per heavy atom. The molecule has 2 atom stereocenters. The molecule has 38 heavy (non-hydrogen) atoms. The highest BCUT2D eigenvalue weighted by molar-refractivity contribution is 6.04. The van der Waals surface area contributed by atoms with Gasteiger partial charge in [0.25, 0.3) is 0 Å². The molecular formula is C36H32O2. The molecule has 0 radical (unpaired) electrons. The summed E-state index contributed by atoms with van der Waals surface area (Å²) in [6.45, 7) is 4.30. The number of allylic oxidation sites excluding steroid dienone is 8. The van der Waals surface area contributed by atoms with Crippen LogP contribution in [0.2, 0.25) is 0 Å². The first-order valence-corrected chi connectivity index (χ1v) is 13.4. The lowest BCUT2D eigenvalue weighted by atomic mass is 9.77. The molecule has 0 bridgehead atoms. The van der Waals surface area contributed by atoms with E-state index < -0.39 is 0 Å². The second-order valence-electron chi connectivity index (χ2n) is 10.5. The molecule has 0 aromatic heterocycles. The Morgan fingerprint density at radius 2 is 1.34 bits per heavy atom. The summed E-state index contributed by atoms with van der Waals surface area (Å²) in [5.41, 5.74) is 9.10. The minimum absolute atomic E-state index is 0.0605. The molecule has 0 unspecified atom stereocenters. The minimum atomic E-state index is -0.0605. The quantitative estimate of drug-likeness (QED) is 0.295. The number of aliphatic hydroxyl groups excluding tert-OH is 2. The molecule has 2 aliphatic rings. The summed E-state index contributed by atoms with van der Waals surface area (Å²) in [5.74, 6) is 0.998. The zero-order valence-electron chi connectivity index (χ0n) is 21.9. The van der Waals surface area contributed by atoms with Crippen molar-refractivity contribution in [2.45, 2.75) is 32.6 Å². The lowest BCUT2D eigenvalue weighted by Gasteiger charge is -2.28. The number of benzene rings is 4. The van der Waals surface area contributed by atoms with Crippen molar-refractivity contribution in [1.29, 1.82) is 0 Å². The van der Waals surface area contributed by atoms with Crippen molar-refractivity contribution >= 4 is 27.5 Å². The van der Waals surface area contributed by atoms with Crippen molar-refractivity contribution in [2.75, 3.05) is 0 Å². The standard InChI is InChI=1S/C36H32O2/c1-23-19-34(37)32(25-11-5-3-6-12-25)21-30(23)28-17-9-15-27-16-10-18-29(36(27)28)31-22-33(35(38)20-24(31)2)26-13-7-4-8-14-26/h3-19,22,24,32,37-38H,20-21H2,1-2H3/t24-,32-/m0/s1. The first kappa shape index (κ1) is 24.1. The number of aliphatic hydroxyl groups is 2. The summed E-state index contributed by atoms with van der Waals surface area (Å²) in [6, 6.07) is 33.5. The van der Waals surface area contributed by atoms with E-state index in [1.54, 1.807) is 0 Å². The maximum absolute atomic E-state index is 10.9. The SMILES string of the molecule is CC1=C(c2cccc3cccc(C4=CC(c5ccccc5)=C(O)C[C@@H]4C)c23)C[C@@H](c2ccccc2)C(O)=C1. The van der Waals surface area contributed by atoms with E-state index in [0.29, 0.717) is 17.9 Å². The smallest absolute Gasteiger partial charge is 0.101 e. The molecule has 2 heteroatoms. The van der Waals surface area contributed by atoms with Crippen LogP contribution in [0, 0.1) is 5.92 Å². The highest BCUT2D eigenvalue weighted by Crippen LogP contribution is 2.45. The van der Waals surface area contributed by atoms with Gasteiger partial charge in [-0.1, -0.05) is 104 Å². The van der Waals surface area contributed by atoms with Gasteiger partial charge in [0.05, 0.1) is 0 Å². The van der Waals surface area contributed by atoms with E-state index in [0.717, 1.165) is 28.7 Å². The summed E-state index contributed by atoms with van der Waals surface area (Å²) >= 11 is 0. The maximum Gasteiger partial charge on any atom is 0.101 e. The first-order chi connectivity index (χ1) is 18.5. The average molecular weight is 497 g/mol. The highest BCUT2D eigenvalue weighted by Gasteiger charge is 2.27. The fraction of sp³-hybridized carbons (Fsp3) is 0.167. The van der Waals surface area contributed by atoms with Crippen molar-refractivity contribution in [3.05, 3.63) is 149 Å². The minimum Gasteiger partial charge on any atom is -0.512 e. The Morgan fingerprint density at radius 3 is 2.05 bits per heavy atom. The predicted molar refractivity (Wildman–Crippen MR) is 159 cm³/mol. The van der Waals surface area contributed by atoms with Gasteiger partial charge in [0.2, 0.25) is 0 Å². The monoisotopic (exact) mass is 496 g/mol. The number of hydrogen-bond acceptors (Lipinski definition) is 2. The molecule has 2 aliphatic carbocycles. The zero-order chi connectivity index (χ0) is 26.2. The second-order valence-corrected chi connectivity index (χ2v) is 10.5. The van der Waals surface area contributed by atoms with Crippen LogP contribution in [-0.4, -0.2) is 10.2 Å². The molecule has 0 aliphatic heterocycles. The van der Waals surface area contributed by atoms with E-state index in [1.165, 1.54) is 33.0 Å².